The summed E-state index contributed by atoms with van der Waals surface area (Å²) in [5.41, 5.74) is 0.378. The Morgan fingerprint density at radius 3 is 2.74 bits per heavy atom. The fraction of sp³-hybridized carbons (Fsp3) is 0.176. The maximum atomic E-state index is 13.6. The number of benzene rings is 1. The molecule has 23 heavy (non-hydrogen) atoms. The predicted molar refractivity (Wildman–Crippen MR) is 85.9 cm³/mol. The molecule has 1 aromatic carbocycles. The molecule has 0 bridgehead atoms. The third-order valence-corrected chi connectivity index (χ3v) is 4.65. The Morgan fingerprint density at radius 1 is 1.35 bits per heavy atom. The second-order valence-corrected chi connectivity index (χ2v) is 6.09. The molecule has 1 amide bonds. The van der Waals surface area contributed by atoms with Crippen LogP contribution < -0.4 is 4.90 Å². The summed E-state index contributed by atoms with van der Waals surface area (Å²) in [6, 6.07) is 8.42. The van der Waals surface area contributed by atoms with Gasteiger partial charge in [-0.1, -0.05) is 19.1 Å². The van der Waals surface area contributed by atoms with E-state index in [9.17, 15) is 19.1 Å². The zero-order valence-corrected chi connectivity index (χ0v) is 13.1. The van der Waals surface area contributed by atoms with E-state index in [-0.39, 0.29) is 17.8 Å². The van der Waals surface area contributed by atoms with E-state index in [4.69, 9.17) is 0 Å². The van der Waals surface area contributed by atoms with Crippen molar-refractivity contribution < 1.29 is 19.1 Å². The number of ketones is 1. The summed E-state index contributed by atoms with van der Waals surface area (Å²) in [7, 11) is 0. The average molecular weight is 331 g/mol. The van der Waals surface area contributed by atoms with Gasteiger partial charge in [0.05, 0.1) is 5.57 Å². The second kappa shape index (κ2) is 5.96. The van der Waals surface area contributed by atoms with Crippen molar-refractivity contribution in [1.29, 1.82) is 0 Å². The van der Waals surface area contributed by atoms with Gasteiger partial charge >= 0.3 is 0 Å². The monoisotopic (exact) mass is 331 g/mol. The van der Waals surface area contributed by atoms with Crippen LogP contribution in [-0.2, 0) is 9.59 Å². The van der Waals surface area contributed by atoms with Gasteiger partial charge in [0.25, 0.3) is 5.91 Å². The standard InChI is InChI=1S/C17H14FNO3S/c1-2-12(20)14-15(13-7-4-8-23-13)19(17(22)16(14)21)11-6-3-5-10(18)9-11/h3-9,15,21H,2H2,1H3. The number of nitrogens with zero attached hydrogens (tertiary/aromatic N) is 1. The molecular weight excluding hydrogens is 317 g/mol. The largest absolute Gasteiger partial charge is 0.503 e. The number of hydrogen-bond donors (Lipinski definition) is 1. The quantitative estimate of drug-likeness (QED) is 0.928. The van der Waals surface area contributed by atoms with Crippen LogP contribution in [0.1, 0.15) is 24.3 Å². The summed E-state index contributed by atoms with van der Waals surface area (Å²) >= 11 is 1.37. The number of aliphatic hydroxyl groups is 1. The third-order valence-electron chi connectivity index (χ3n) is 3.73. The number of hydrogen-bond acceptors (Lipinski definition) is 4. The Hall–Kier alpha value is -2.47. The van der Waals surface area contributed by atoms with Crippen molar-refractivity contribution in [3.63, 3.8) is 0 Å². The van der Waals surface area contributed by atoms with Crippen molar-refractivity contribution in [3.8, 4) is 0 Å². The Labute approximate surface area is 136 Å². The summed E-state index contributed by atoms with van der Waals surface area (Å²) in [4.78, 5) is 26.8. The van der Waals surface area contributed by atoms with Gasteiger partial charge in [0.15, 0.2) is 11.5 Å². The predicted octanol–water partition coefficient (Wildman–Crippen LogP) is 3.77. The Balaban J connectivity index is 2.16. The lowest BCUT2D eigenvalue weighted by Gasteiger charge is -2.25. The maximum Gasteiger partial charge on any atom is 0.294 e. The molecule has 2 aromatic rings. The highest BCUT2D eigenvalue weighted by atomic mass is 32.1. The highest BCUT2D eigenvalue weighted by molar-refractivity contribution is 7.10. The van der Waals surface area contributed by atoms with Crippen LogP contribution in [0, 0.1) is 5.82 Å². The smallest absolute Gasteiger partial charge is 0.294 e. The Morgan fingerprint density at radius 2 is 2.13 bits per heavy atom. The number of amides is 1. The summed E-state index contributed by atoms with van der Waals surface area (Å²) in [6.45, 7) is 1.67. The van der Waals surface area contributed by atoms with Crippen molar-refractivity contribution in [2.24, 2.45) is 0 Å². The first-order valence-electron chi connectivity index (χ1n) is 7.13. The van der Waals surface area contributed by atoms with Gasteiger partial charge < -0.3 is 5.11 Å². The Kier molecular flexibility index (Phi) is 4.00. The van der Waals surface area contributed by atoms with Crippen LogP contribution in [0.4, 0.5) is 10.1 Å². The molecule has 0 radical (unpaired) electrons. The summed E-state index contributed by atoms with van der Waals surface area (Å²) in [5.74, 6) is -2.03. The first-order valence-corrected chi connectivity index (χ1v) is 8.01. The number of halogens is 1. The summed E-state index contributed by atoms with van der Waals surface area (Å²) < 4.78 is 13.6. The lowest BCUT2D eigenvalue weighted by molar-refractivity contribution is -0.118. The van der Waals surface area contributed by atoms with Crippen LogP contribution >= 0.6 is 11.3 Å². The number of thiophene rings is 1. The van der Waals surface area contributed by atoms with Crippen LogP contribution in [-0.4, -0.2) is 16.8 Å². The molecule has 118 valence electrons. The van der Waals surface area contributed by atoms with Gasteiger partial charge in [0, 0.05) is 17.0 Å². The number of rotatable bonds is 4. The molecule has 2 heterocycles. The molecule has 1 aliphatic heterocycles. The minimum atomic E-state index is -0.725. The fourth-order valence-electron chi connectivity index (χ4n) is 2.69. The molecule has 0 saturated heterocycles. The minimum Gasteiger partial charge on any atom is -0.503 e. The van der Waals surface area contributed by atoms with E-state index in [1.807, 2.05) is 5.38 Å². The van der Waals surface area contributed by atoms with Crippen LogP contribution in [0.5, 0.6) is 0 Å². The van der Waals surface area contributed by atoms with E-state index in [0.29, 0.717) is 5.69 Å². The molecule has 4 nitrogen and oxygen atoms in total. The summed E-state index contributed by atoms with van der Waals surface area (Å²) in [6.07, 6.45) is 0.172. The van der Waals surface area contributed by atoms with Crippen molar-refractivity contribution in [1.82, 2.24) is 0 Å². The van der Waals surface area contributed by atoms with Gasteiger partial charge in [0.1, 0.15) is 11.9 Å². The molecule has 0 fully saturated rings. The molecule has 0 saturated carbocycles. The number of carbonyl (C=O) groups is 2. The molecule has 1 aromatic heterocycles. The zero-order chi connectivity index (χ0) is 16.6. The molecule has 0 spiro atoms. The lowest BCUT2D eigenvalue weighted by Crippen LogP contribution is -2.30. The zero-order valence-electron chi connectivity index (χ0n) is 12.3. The van der Waals surface area contributed by atoms with Gasteiger partial charge in [-0.15, -0.1) is 11.3 Å². The van der Waals surface area contributed by atoms with Gasteiger partial charge in [-0.05, 0) is 29.6 Å². The van der Waals surface area contributed by atoms with E-state index in [1.54, 1.807) is 25.1 Å². The van der Waals surface area contributed by atoms with Crippen molar-refractivity contribution in [3.05, 3.63) is 63.8 Å². The van der Waals surface area contributed by atoms with E-state index < -0.39 is 23.5 Å². The number of carbonyl (C=O) groups excluding carboxylic acids is 2. The van der Waals surface area contributed by atoms with E-state index >= 15 is 0 Å². The number of anilines is 1. The van der Waals surface area contributed by atoms with Gasteiger partial charge in [-0.2, -0.15) is 0 Å². The molecule has 1 aliphatic rings. The van der Waals surface area contributed by atoms with Gasteiger partial charge in [-0.3, -0.25) is 14.5 Å². The van der Waals surface area contributed by atoms with Crippen molar-refractivity contribution >= 4 is 28.7 Å². The molecule has 6 heteroatoms. The molecule has 1 N–H and O–H groups in total. The number of aliphatic hydroxyl groups excluding tert-OH is 1. The van der Waals surface area contributed by atoms with Crippen LogP contribution in [0.3, 0.4) is 0 Å². The fourth-order valence-corrected chi connectivity index (χ4v) is 3.51. The van der Waals surface area contributed by atoms with E-state index in [0.717, 1.165) is 4.88 Å². The van der Waals surface area contributed by atoms with E-state index in [2.05, 4.69) is 0 Å². The normalized spacial score (nSPS) is 17.9. The minimum absolute atomic E-state index is 0.0733. The lowest BCUT2D eigenvalue weighted by atomic mass is 10.00. The summed E-state index contributed by atoms with van der Waals surface area (Å²) in [5, 5.41) is 12.0. The van der Waals surface area contributed by atoms with Crippen molar-refractivity contribution in [2.75, 3.05) is 4.90 Å². The first-order chi connectivity index (χ1) is 11.0. The molecular formula is C17H14FNO3S. The Bertz CT molecular complexity index is 798. The second-order valence-electron chi connectivity index (χ2n) is 5.11. The highest BCUT2D eigenvalue weighted by Gasteiger charge is 2.44. The molecule has 0 aliphatic carbocycles. The van der Waals surface area contributed by atoms with Crippen LogP contribution in [0.2, 0.25) is 0 Å². The maximum absolute atomic E-state index is 13.6. The number of Topliss-reactive ketones (excluding diaryl/α,β-unsaturated/α-hetero) is 1. The van der Waals surface area contributed by atoms with Gasteiger partial charge in [-0.25, -0.2) is 4.39 Å². The van der Waals surface area contributed by atoms with Crippen molar-refractivity contribution in [2.45, 2.75) is 19.4 Å². The van der Waals surface area contributed by atoms with Gasteiger partial charge in [0.2, 0.25) is 0 Å². The highest BCUT2D eigenvalue weighted by Crippen LogP contribution is 2.42. The molecule has 1 atom stereocenters. The average Bonchev–Trinajstić information content (AvgIpc) is 3.14. The molecule has 1 unspecified atom stereocenters. The SMILES string of the molecule is CCC(=O)C1=C(O)C(=O)N(c2cccc(F)c2)C1c1cccs1. The van der Waals surface area contributed by atoms with Crippen LogP contribution in [0.25, 0.3) is 0 Å². The van der Waals surface area contributed by atoms with E-state index in [1.165, 1.54) is 34.4 Å². The topological polar surface area (TPSA) is 57.6 Å². The molecule has 3 rings (SSSR count). The van der Waals surface area contributed by atoms with Crippen LogP contribution in [0.15, 0.2) is 53.1 Å². The first kappa shape index (κ1) is 15.4. The third kappa shape index (κ3) is 2.55.